The van der Waals surface area contributed by atoms with Crippen LogP contribution in [0.25, 0.3) is 0 Å². The van der Waals surface area contributed by atoms with Crippen LogP contribution < -0.4 is 10.1 Å². The molecule has 23 heavy (non-hydrogen) atoms. The molecule has 0 heterocycles. The first-order chi connectivity index (χ1) is 11.0. The summed E-state index contributed by atoms with van der Waals surface area (Å²) in [5.41, 5.74) is 1.51. The summed E-state index contributed by atoms with van der Waals surface area (Å²) >= 11 is 0. The maximum absolute atomic E-state index is 9.20. The third kappa shape index (κ3) is 8.86. The third-order valence-electron chi connectivity index (χ3n) is 3.38. The first-order valence-electron chi connectivity index (χ1n) is 7.90. The molecule has 0 spiro atoms. The highest BCUT2D eigenvalue weighted by atomic mass is 33.1. The van der Waals surface area contributed by atoms with Crippen molar-refractivity contribution in [3.05, 3.63) is 29.3 Å². The number of benzene rings is 1. The maximum atomic E-state index is 9.20. The Morgan fingerprint density at radius 2 is 1.74 bits per heavy atom. The van der Waals surface area contributed by atoms with E-state index < -0.39 is 0 Å². The summed E-state index contributed by atoms with van der Waals surface area (Å²) in [6.07, 6.45) is 4.45. The number of hydrogen-bond acceptors (Lipinski definition) is 6. The Hall–Kier alpha value is -0.400. The molecular weight excluding hydrogens is 330 g/mol. The van der Waals surface area contributed by atoms with Crippen molar-refractivity contribution in [1.82, 2.24) is 5.32 Å². The summed E-state index contributed by atoms with van der Waals surface area (Å²) in [7, 11) is 3.75. The van der Waals surface area contributed by atoms with E-state index in [9.17, 15) is 10.2 Å². The van der Waals surface area contributed by atoms with E-state index in [2.05, 4.69) is 25.4 Å². The molecule has 0 aromatic heterocycles. The molecule has 0 aliphatic carbocycles. The van der Waals surface area contributed by atoms with Crippen LogP contribution in [0.5, 0.6) is 5.75 Å². The predicted molar refractivity (Wildman–Crippen MR) is 101 cm³/mol. The van der Waals surface area contributed by atoms with Crippen LogP contribution in [-0.4, -0.2) is 40.9 Å². The van der Waals surface area contributed by atoms with Gasteiger partial charge in [0.25, 0.3) is 0 Å². The van der Waals surface area contributed by atoms with Crippen molar-refractivity contribution in [2.24, 2.45) is 0 Å². The van der Waals surface area contributed by atoms with Gasteiger partial charge in [0.05, 0.1) is 13.2 Å². The van der Waals surface area contributed by atoms with Crippen molar-refractivity contribution in [3.63, 3.8) is 0 Å². The second-order valence-electron chi connectivity index (χ2n) is 6.01. The van der Waals surface area contributed by atoms with Gasteiger partial charge in [0.15, 0.2) is 0 Å². The summed E-state index contributed by atoms with van der Waals surface area (Å²) in [5, 5.41) is 21.8. The maximum Gasteiger partial charge on any atom is 0.120 e. The Bertz CT molecular complexity index is 433. The van der Waals surface area contributed by atoms with Gasteiger partial charge in [-0.1, -0.05) is 27.7 Å². The van der Waals surface area contributed by atoms with Gasteiger partial charge in [0.2, 0.25) is 0 Å². The molecule has 3 N–H and O–H groups in total. The molecule has 132 valence electrons. The van der Waals surface area contributed by atoms with Crippen LogP contribution in [0, 0.1) is 0 Å². The van der Waals surface area contributed by atoms with Crippen molar-refractivity contribution in [2.75, 3.05) is 26.0 Å². The minimum atomic E-state index is -0.0493. The summed E-state index contributed by atoms with van der Waals surface area (Å²) in [5.74, 6) is 0.694. The molecule has 0 aliphatic heterocycles. The summed E-state index contributed by atoms with van der Waals surface area (Å²) in [6, 6.07) is 5.39. The molecule has 1 aromatic carbocycles. The van der Waals surface area contributed by atoms with Gasteiger partial charge in [0, 0.05) is 11.3 Å². The van der Waals surface area contributed by atoms with Crippen LogP contribution in [0.4, 0.5) is 0 Å². The van der Waals surface area contributed by atoms with Crippen LogP contribution in [0.2, 0.25) is 0 Å². The largest absolute Gasteiger partial charge is 0.492 e. The minimum absolute atomic E-state index is 0.0493. The van der Waals surface area contributed by atoms with Crippen molar-refractivity contribution < 1.29 is 14.9 Å². The summed E-state index contributed by atoms with van der Waals surface area (Å²) < 4.78 is 6.01. The number of aliphatic hydroxyl groups excluding tert-OH is 2. The fourth-order valence-corrected chi connectivity index (χ4v) is 4.55. The van der Waals surface area contributed by atoms with E-state index in [-0.39, 0.29) is 13.2 Å². The molecule has 0 radical (unpaired) electrons. The van der Waals surface area contributed by atoms with Gasteiger partial charge in [-0.15, -0.1) is 0 Å². The van der Waals surface area contributed by atoms with E-state index in [1.807, 2.05) is 21.6 Å². The van der Waals surface area contributed by atoms with Crippen LogP contribution in [0.1, 0.15) is 37.8 Å². The van der Waals surface area contributed by atoms with Crippen LogP contribution in [0.3, 0.4) is 0 Å². The highest BCUT2D eigenvalue weighted by Gasteiger charge is 2.17. The number of rotatable bonds is 12. The molecule has 0 bridgehead atoms. The number of ether oxygens (including phenoxy) is 1. The molecule has 0 fully saturated rings. The minimum Gasteiger partial charge on any atom is -0.492 e. The Morgan fingerprint density at radius 3 is 2.30 bits per heavy atom. The molecule has 1 aromatic rings. The molecule has 0 amide bonds. The monoisotopic (exact) mass is 359 g/mol. The number of aliphatic hydroxyl groups is 2. The lowest BCUT2D eigenvalue weighted by Crippen LogP contribution is -2.24. The highest BCUT2D eigenvalue weighted by molar-refractivity contribution is 8.76. The normalized spacial score (nSPS) is 11.7. The Morgan fingerprint density at radius 1 is 1.09 bits per heavy atom. The van der Waals surface area contributed by atoms with Crippen LogP contribution in [0.15, 0.2) is 18.2 Å². The standard InChI is InChI=1S/C17H29NO3S2/c1-17(2,23-22-3)5-4-6-18-7-8-21-16-10-14(12-19)9-15(11-16)13-20/h9-11,18-20H,4-8,12-13H2,1-3H3. The van der Waals surface area contributed by atoms with E-state index in [1.165, 1.54) is 6.42 Å². The third-order valence-corrected chi connectivity index (χ3v) is 6.06. The van der Waals surface area contributed by atoms with Gasteiger partial charge in [-0.3, -0.25) is 0 Å². The molecule has 0 saturated carbocycles. The molecule has 0 saturated heterocycles. The Kier molecular flexibility index (Phi) is 10.1. The lowest BCUT2D eigenvalue weighted by Gasteiger charge is -2.22. The second kappa shape index (κ2) is 11.2. The topological polar surface area (TPSA) is 61.7 Å². The van der Waals surface area contributed by atoms with Gasteiger partial charge >= 0.3 is 0 Å². The zero-order valence-electron chi connectivity index (χ0n) is 14.3. The molecule has 0 unspecified atom stereocenters. The molecule has 0 aliphatic rings. The average Bonchev–Trinajstić information content (AvgIpc) is 2.53. The molecule has 0 atom stereocenters. The van der Waals surface area contributed by atoms with E-state index in [1.54, 1.807) is 18.2 Å². The van der Waals surface area contributed by atoms with Crippen molar-refractivity contribution in [3.8, 4) is 5.75 Å². The first-order valence-corrected chi connectivity index (χ1v) is 10.5. The molecule has 6 heteroatoms. The zero-order chi connectivity index (χ0) is 17.1. The van der Waals surface area contributed by atoms with E-state index in [0.29, 0.717) is 17.1 Å². The van der Waals surface area contributed by atoms with Gasteiger partial charge in [-0.05, 0) is 62.7 Å². The summed E-state index contributed by atoms with van der Waals surface area (Å²) in [4.78, 5) is 0. The number of nitrogens with one attached hydrogen (secondary N) is 1. The Labute approximate surface area is 147 Å². The van der Waals surface area contributed by atoms with E-state index in [4.69, 9.17) is 4.74 Å². The molecule has 1 rings (SSSR count). The van der Waals surface area contributed by atoms with Crippen molar-refractivity contribution in [1.29, 1.82) is 0 Å². The fourth-order valence-electron chi connectivity index (χ4n) is 2.27. The molecular formula is C17H29NO3S2. The van der Waals surface area contributed by atoms with Crippen molar-refractivity contribution >= 4 is 21.6 Å². The van der Waals surface area contributed by atoms with Gasteiger partial charge in [0.1, 0.15) is 12.4 Å². The van der Waals surface area contributed by atoms with Crippen LogP contribution >= 0.6 is 21.6 Å². The number of hydrogen-bond donors (Lipinski definition) is 3. The van der Waals surface area contributed by atoms with Gasteiger partial charge in [-0.2, -0.15) is 0 Å². The SMILES string of the molecule is CSSC(C)(C)CCCNCCOc1cc(CO)cc(CO)c1. The second-order valence-corrected chi connectivity index (χ2v) is 9.12. The highest BCUT2D eigenvalue weighted by Crippen LogP contribution is 2.36. The smallest absolute Gasteiger partial charge is 0.120 e. The lowest BCUT2D eigenvalue weighted by atomic mass is 10.1. The lowest BCUT2D eigenvalue weighted by molar-refractivity contribution is 0.270. The van der Waals surface area contributed by atoms with E-state index >= 15 is 0 Å². The zero-order valence-corrected chi connectivity index (χ0v) is 15.9. The summed E-state index contributed by atoms with van der Waals surface area (Å²) in [6.45, 7) is 6.81. The van der Waals surface area contributed by atoms with Crippen molar-refractivity contribution in [2.45, 2.75) is 44.6 Å². The van der Waals surface area contributed by atoms with Gasteiger partial charge in [-0.25, -0.2) is 0 Å². The quantitative estimate of drug-likeness (QED) is 0.393. The average molecular weight is 360 g/mol. The molecule has 4 nitrogen and oxygen atoms in total. The predicted octanol–water partition coefficient (Wildman–Crippen LogP) is 3.21. The Balaban J connectivity index is 2.20. The first kappa shape index (κ1) is 20.6. The van der Waals surface area contributed by atoms with Crippen LogP contribution in [-0.2, 0) is 13.2 Å². The van der Waals surface area contributed by atoms with Gasteiger partial charge < -0.3 is 20.3 Å². The fraction of sp³-hybridized carbons (Fsp3) is 0.647. The van der Waals surface area contributed by atoms with E-state index in [0.717, 1.165) is 30.6 Å².